The Bertz CT molecular complexity index is 589. The van der Waals surface area contributed by atoms with E-state index in [4.69, 9.17) is 4.74 Å². The van der Waals surface area contributed by atoms with Crippen LogP contribution in [0.15, 0.2) is 30.6 Å². The Morgan fingerprint density at radius 1 is 1.27 bits per heavy atom. The number of methoxy groups -OCH3 is 1. The number of ether oxygens (including phenoxy) is 1. The summed E-state index contributed by atoms with van der Waals surface area (Å²) < 4.78 is 7.49. The maximum Gasteiger partial charge on any atom is 0.171 e. The van der Waals surface area contributed by atoms with Crippen molar-refractivity contribution in [3.63, 3.8) is 0 Å². The zero-order valence-corrected chi connectivity index (χ0v) is 13.4. The lowest BCUT2D eigenvalue weighted by Crippen LogP contribution is -2.35. The van der Waals surface area contributed by atoms with E-state index in [2.05, 4.69) is 15.0 Å². The highest BCUT2D eigenvalue weighted by Gasteiger charge is 2.22. The third-order valence-electron chi connectivity index (χ3n) is 4.44. The van der Waals surface area contributed by atoms with Gasteiger partial charge in [0.25, 0.3) is 0 Å². The molecule has 22 heavy (non-hydrogen) atoms. The number of nitrogens with zero attached hydrogens (tertiary/aromatic N) is 4. The van der Waals surface area contributed by atoms with Gasteiger partial charge in [0.15, 0.2) is 11.6 Å². The molecular weight excluding hydrogens is 276 g/mol. The molecule has 0 unspecified atom stereocenters. The van der Waals surface area contributed by atoms with Crippen LogP contribution < -0.4 is 9.64 Å². The lowest BCUT2D eigenvalue weighted by Gasteiger charge is -2.33. The molecule has 5 nitrogen and oxygen atoms in total. The second kappa shape index (κ2) is 6.81. The second-order valence-corrected chi connectivity index (χ2v) is 5.97. The third kappa shape index (κ3) is 3.40. The summed E-state index contributed by atoms with van der Waals surface area (Å²) in [6.07, 6.45) is 7.50. The van der Waals surface area contributed by atoms with Crippen molar-refractivity contribution in [1.82, 2.24) is 14.8 Å². The first kappa shape index (κ1) is 14.9. The molecule has 1 saturated heterocycles. The highest BCUT2D eigenvalue weighted by Crippen LogP contribution is 2.30. The molecule has 0 spiro atoms. The minimum Gasteiger partial charge on any atom is -0.493 e. The van der Waals surface area contributed by atoms with Crippen molar-refractivity contribution in [2.24, 2.45) is 5.92 Å². The van der Waals surface area contributed by atoms with Gasteiger partial charge in [-0.25, -0.2) is 4.98 Å². The Labute approximate surface area is 131 Å². The monoisotopic (exact) mass is 300 g/mol. The third-order valence-corrected chi connectivity index (χ3v) is 4.44. The van der Waals surface area contributed by atoms with Gasteiger partial charge in [-0.3, -0.25) is 4.68 Å². The maximum atomic E-state index is 5.46. The molecule has 118 valence electrons. The fourth-order valence-corrected chi connectivity index (χ4v) is 3.10. The van der Waals surface area contributed by atoms with Crippen molar-refractivity contribution in [1.29, 1.82) is 0 Å². The van der Waals surface area contributed by atoms with Gasteiger partial charge in [0.1, 0.15) is 0 Å². The van der Waals surface area contributed by atoms with Gasteiger partial charge >= 0.3 is 0 Å². The molecule has 0 saturated carbocycles. The van der Waals surface area contributed by atoms with Gasteiger partial charge in [0.2, 0.25) is 0 Å². The smallest absolute Gasteiger partial charge is 0.171 e. The standard InChI is InChI=1S/C17H24N4O/c1-14-4-5-16(22-2)17(19-14)20-11-6-15(7-12-20)8-13-21-10-3-9-18-21/h3-5,9-10,15H,6-8,11-13H2,1-2H3. The lowest BCUT2D eigenvalue weighted by molar-refractivity contribution is 0.349. The van der Waals surface area contributed by atoms with E-state index in [9.17, 15) is 0 Å². The molecule has 0 N–H and O–H groups in total. The summed E-state index contributed by atoms with van der Waals surface area (Å²) in [7, 11) is 1.71. The first-order valence-corrected chi connectivity index (χ1v) is 8.00. The van der Waals surface area contributed by atoms with Gasteiger partial charge in [-0.15, -0.1) is 0 Å². The van der Waals surface area contributed by atoms with E-state index < -0.39 is 0 Å². The Morgan fingerprint density at radius 2 is 2.09 bits per heavy atom. The Balaban J connectivity index is 1.56. The molecule has 3 rings (SSSR count). The number of aryl methyl sites for hydroxylation is 2. The zero-order valence-electron chi connectivity index (χ0n) is 13.4. The maximum absolute atomic E-state index is 5.46. The quantitative estimate of drug-likeness (QED) is 0.851. The largest absolute Gasteiger partial charge is 0.493 e. The molecule has 2 aromatic rings. The van der Waals surface area contributed by atoms with Crippen LogP contribution >= 0.6 is 0 Å². The van der Waals surface area contributed by atoms with Crippen LogP contribution in [-0.4, -0.2) is 35.0 Å². The molecule has 1 aliphatic heterocycles. The van der Waals surface area contributed by atoms with Crippen LogP contribution in [0.4, 0.5) is 5.82 Å². The summed E-state index contributed by atoms with van der Waals surface area (Å²) in [6, 6.07) is 6.00. The molecule has 0 aliphatic carbocycles. The summed E-state index contributed by atoms with van der Waals surface area (Å²) in [6.45, 7) is 5.15. The molecule has 1 fully saturated rings. The van der Waals surface area contributed by atoms with Gasteiger partial charge < -0.3 is 9.64 Å². The predicted octanol–water partition coefficient (Wildman–Crippen LogP) is 2.90. The normalized spacial score (nSPS) is 16.0. The summed E-state index contributed by atoms with van der Waals surface area (Å²) in [5.74, 6) is 2.64. The number of anilines is 1. The van der Waals surface area contributed by atoms with Crippen LogP contribution in [0.25, 0.3) is 0 Å². The van der Waals surface area contributed by atoms with Crippen LogP contribution in [0.5, 0.6) is 5.75 Å². The Morgan fingerprint density at radius 3 is 2.77 bits per heavy atom. The van der Waals surface area contributed by atoms with Crippen molar-refractivity contribution >= 4 is 5.82 Å². The van der Waals surface area contributed by atoms with Gasteiger partial charge in [0.05, 0.1) is 7.11 Å². The molecule has 0 amide bonds. The van der Waals surface area contributed by atoms with Crippen LogP contribution in [-0.2, 0) is 6.54 Å². The molecule has 0 bridgehead atoms. The molecule has 0 radical (unpaired) electrons. The van der Waals surface area contributed by atoms with Crippen LogP contribution in [0.1, 0.15) is 25.0 Å². The summed E-state index contributed by atoms with van der Waals surface area (Å²) in [5, 5.41) is 4.28. The zero-order chi connectivity index (χ0) is 15.4. The second-order valence-electron chi connectivity index (χ2n) is 5.97. The SMILES string of the molecule is COc1ccc(C)nc1N1CCC(CCn2cccn2)CC1. The summed E-state index contributed by atoms with van der Waals surface area (Å²) in [5.41, 5.74) is 1.04. The van der Waals surface area contributed by atoms with Gasteiger partial charge in [-0.2, -0.15) is 5.10 Å². The van der Waals surface area contributed by atoms with Crippen LogP contribution in [0.2, 0.25) is 0 Å². The fourth-order valence-electron chi connectivity index (χ4n) is 3.10. The minimum atomic E-state index is 0.774. The van der Waals surface area contributed by atoms with Crippen molar-refractivity contribution in [2.75, 3.05) is 25.1 Å². The highest BCUT2D eigenvalue weighted by atomic mass is 16.5. The average Bonchev–Trinajstić information content (AvgIpc) is 3.07. The highest BCUT2D eigenvalue weighted by molar-refractivity contribution is 5.53. The minimum absolute atomic E-state index is 0.774. The molecule has 0 atom stereocenters. The van der Waals surface area contributed by atoms with E-state index in [0.29, 0.717) is 0 Å². The van der Waals surface area contributed by atoms with Gasteiger partial charge in [-0.05, 0) is 50.3 Å². The van der Waals surface area contributed by atoms with Gasteiger partial charge in [0, 0.05) is 37.7 Å². The van der Waals surface area contributed by atoms with E-state index in [1.165, 1.54) is 19.3 Å². The average molecular weight is 300 g/mol. The molecule has 0 aromatic carbocycles. The van der Waals surface area contributed by atoms with Crippen molar-refractivity contribution in [2.45, 2.75) is 32.7 Å². The predicted molar refractivity (Wildman–Crippen MR) is 87.3 cm³/mol. The van der Waals surface area contributed by atoms with E-state index >= 15 is 0 Å². The van der Waals surface area contributed by atoms with E-state index in [1.54, 1.807) is 7.11 Å². The molecule has 2 aromatic heterocycles. The van der Waals surface area contributed by atoms with Crippen LogP contribution in [0, 0.1) is 12.8 Å². The summed E-state index contributed by atoms with van der Waals surface area (Å²) in [4.78, 5) is 7.02. The number of hydrogen-bond donors (Lipinski definition) is 0. The number of piperidine rings is 1. The van der Waals surface area contributed by atoms with Gasteiger partial charge in [-0.1, -0.05) is 0 Å². The first-order chi connectivity index (χ1) is 10.8. The Hall–Kier alpha value is -2.04. The molecule has 1 aliphatic rings. The van der Waals surface area contributed by atoms with Crippen molar-refractivity contribution < 1.29 is 4.74 Å². The molecular formula is C17H24N4O. The van der Waals surface area contributed by atoms with E-state index in [0.717, 1.165) is 42.8 Å². The topological polar surface area (TPSA) is 43.2 Å². The molecule has 3 heterocycles. The van der Waals surface area contributed by atoms with E-state index in [1.807, 2.05) is 42.2 Å². The first-order valence-electron chi connectivity index (χ1n) is 8.00. The van der Waals surface area contributed by atoms with Crippen molar-refractivity contribution in [3.05, 3.63) is 36.3 Å². The number of hydrogen-bond acceptors (Lipinski definition) is 4. The Kier molecular flexibility index (Phi) is 4.61. The van der Waals surface area contributed by atoms with Crippen LogP contribution in [0.3, 0.4) is 0 Å². The lowest BCUT2D eigenvalue weighted by atomic mass is 9.93. The van der Waals surface area contributed by atoms with Crippen molar-refractivity contribution in [3.8, 4) is 5.75 Å². The number of pyridine rings is 1. The number of rotatable bonds is 5. The molecule has 5 heteroatoms. The summed E-state index contributed by atoms with van der Waals surface area (Å²) >= 11 is 0. The van der Waals surface area contributed by atoms with E-state index in [-0.39, 0.29) is 0 Å². The number of aromatic nitrogens is 3. The fraction of sp³-hybridized carbons (Fsp3) is 0.529.